The summed E-state index contributed by atoms with van der Waals surface area (Å²) in [5.74, 6) is -0.503. The first-order valence-corrected chi connectivity index (χ1v) is 13.4. The van der Waals surface area contributed by atoms with Gasteiger partial charge in [-0.1, -0.05) is 18.2 Å². The van der Waals surface area contributed by atoms with Gasteiger partial charge in [-0.3, -0.25) is 14.8 Å². The van der Waals surface area contributed by atoms with Gasteiger partial charge in [0, 0.05) is 24.7 Å². The van der Waals surface area contributed by atoms with Gasteiger partial charge in [0.25, 0.3) is 5.91 Å². The number of nitrogens with two attached hydrogens (primary N) is 1. The third-order valence-corrected chi connectivity index (χ3v) is 6.97. The zero-order chi connectivity index (χ0) is 28.7. The predicted molar refractivity (Wildman–Crippen MR) is 159 cm³/mol. The quantitative estimate of drug-likeness (QED) is 0.304. The topological polar surface area (TPSA) is 120 Å². The van der Waals surface area contributed by atoms with E-state index in [9.17, 15) is 9.59 Å². The van der Waals surface area contributed by atoms with E-state index in [4.69, 9.17) is 10.5 Å². The molecule has 10 heteroatoms. The van der Waals surface area contributed by atoms with Crippen LogP contribution in [0.3, 0.4) is 0 Å². The Labute approximate surface area is 237 Å². The van der Waals surface area contributed by atoms with Crippen molar-refractivity contribution in [2.24, 2.45) is 5.73 Å². The summed E-state index contributed by atoms with van der Waals surface area (Å²) < 4.78 is 9.40. The molecule has 6 rings (SSSR count). The zero-order valence-electron chi connectivity index (χ0n) is 23.2. The van der Waals surface area contributed by atoms with Crippen LogP contribution in [0.15, 0.2) is 79.3 Å². The summed E-state index contributed by atoms with van der Waals surface area (Å²) in [7, 11) is 0. The molecular formula is C31H31N7O3. The predicted octanol–water partition coefficient (Wildman–Crippen LogP) is 5.37. The number of carbonyl (C=O) groups is 2. The first-order valence-electron chi connectivity index (χ1n) is 13.4. The third-order valence-electron chi connectivity index (χ3n) is 6.97. The fourth-order valence-corrected chi connectivity index (χ4v) is 5.07. The van der Waals surface area contributed by atoms with Crippen molar-refractivity contribution < 1.29 is 14.3 Å². The molecule has 3 N–H and O–H groups in total. The Morgan fingerprint density at radius 2 is 1.85 bits per heavy atom. The molecule has 0 bridgehead atoms. The normalized spacial score (nSPS) is 13.8. The van der Waals surface area contributed by atoms with Crippen LogP contribution in [0.4, 0.5) is 10.5 Å². The smallest absolute Gasteiger partial charge is 0.410 e. The number of amides is 2. The van der Waals surface area contributed by atoms with Crippen molar-refractivity contribution in [3.05, 3.63) is 90.5 Å². The lowest BCUT2D eigenvalue weighted by molar-refractivity contribution is 0.0270. The first-order chi connectivity index (χ1) is 19.7. The number of primary amides is 1. The average molecular weight is 550 g/mol. The van der Waals surface area contributed by atoms with Crippen LogP contribution in [0.5, 0.6) is 0 Å². The summed E-state index contributed by atoms with van der Waals surface area (Å²) in [5.41, 5.74) is 15.0. The summed E-state index contributed by atoms with van der Waals surface area (Å²) in [6, 6.07) is 19.1. The molecule has 208 valence electrons. The molecule has 4 heterocycles. The molecule has 5 aromatic rings. The highest BCUT2D eigenvalue weighted by Gasteiger charge is 2.25. The van der Waals surface area contributed by atoms with Crippen molar-refractivity contribution in [2.45, 2.75) is 32.8 Å². The Hall–Kier alpha value is -5.12. The molecule has 0 atom stereocenters. The molecule has 3 aromatic heterocycles. The standard InChI is InChI=1S/C31H31N7O3/c1-31(2,3)41-30(40)36-15-12-20(13-16-36)26-17-21-7-6-14-33-29(21)38(26)35-22-10-11-24-27(18-22)37(19-34-24)25-9-5-4-8-23(25)28(32)39/h4-12,14,17-19,35H,13,15-16H2,1-3H3,(H2,32,39). The number of benzene rings is 2. The Morgan fingerprint density at radius 1 is 1.02 bits per heavy atom. The minimum atomic E-state index is -0.540. The van der Waals surface area contributed by atoms with Crippen molar-refractivity contribution in [1.82, 2.24) is 24.1 Å². The molecule has 0 unspecified atom stereocenters. The molecule has 0 fully saturated rings. The second-order valence-electron chi connectivity index (χ2n) is 11.0. The number of nitrogens with zero attached hydrogens (tertiary/aromatic N) is 5. The van der Waals surface area contributed by atoms with E-state index in [1.165, 1.54) is 0 Å². The number of pyridine rings is 1. The second-order valence-corrected chi connectivity index (χ2v) is 11.0. The van der Waals surface area contributed by atoms with Gasteiger partial charge in [0.1, 0.15) is 11.9 Å². The number of fused-ring (bicyclic) bond motifs is 2. The van der Waals surface area contributed by atoms with Crippen LogP contribution in [0.25, 0.3) is 33.3 Å². The van der Waals surface area contributed by atoms with Crippen LogP contribution in [-0.4, -0.2) is 54.8 Å². The number of para-hydroxylation sites is 1. The molecule has 10 nitrogen and oxygen atoms in total. The average Bonchev–Trinajstić information content (AvgIpc) is 3.54. The molecule has 0 radical (unpaired) electrons. The number of imidazole rings is 1. The first kappa shape index (κ1) is 26.1. The monoisotopic (exact) mass is 549 g/mol. The van der Waals surface area contributed by atoms with Gasteiger partial charge in [-0.25, -0.2) is 19.4 Å². The SMILES string of the molecule is CC(C)(C)OC(=O)N1CC=C(c2cc3cccnc3n2Nc2ccc3ncn(-c4ccccc4C(N)=O)c3c2)CC1. The fraction of sp³-hybridized carbons (Fsp3) is 0.226. The van der Waals surface area contributed by atoms with Gasteiger partial charge >= 0.3 is 6.09 Å². The van der Waals surface area contributed by atoms with Gasteiger partial charge < -0.3 is 15.4 Å². The molecule has 2 aromatic carbocycles. The van der Waals surface area contributed by atoms with Crippen LogP contribution in [-0.2, 0) is 4.74 Å². The Kier molecular flexibility index (Phi) is 6.45. The summed E-state index contributed by atoms with van der Waals surface area (Å²) in [6.45, 7) is 6.62. The zero-order valence-corrected chi connectivity index (χ0v) is 23.2. The molecule has 2 amide bonds. The van der Waals surface area contributed by atoms with Gasteiger partial charge in [0.05, 0.1) is 33.7 Å². The number of nitrogens with one attached hydrogen (secondary N) is 1. The maximum atomic E-state index is 12.6. The van der Waals surface area contributed by atoms with E-state index >= 15 is 0 Å². The van der Waals surface area contributed by atoms with Crippen LogP contribution in [0.1, 0.15) is 43.2 Å². The van der Waals surface area contributed by atoms with Gasteiger partial charge in [-0.05, 0) is 81.3 Å². The fourth-order valence-electron chi connectivity index (χ4n) is 5.07. The minimum absolute atomic E-state index is 0.309. The van der Waals surface area contributed by atoms with Crippen LogP contribution >= 0.6 is 0 Å². The van der Waals surface area contributed by atoms with E-state index in [1.807, 2.05) is 72.5 Å². The van der Waals surface area contributed by atoms with E-state index in [-0.39, 0.29) is 6.09 Å². The van der Waals surface area contributed by atoms with Crippen molar-refractivity contribution >= 4 is 45.3 Å². The van der Waals surface area contributed by atoms with Crippen molar-refractivity contribution in [3.63, 3.8) is 0 Å². The summed E-state index contributed by atoms with van der Waals surface area (Å²) >= 11 is 0. The maximum Gasteiger partial charge on any atom is 0.410 e. The third kappa shape index (κ3) is 5.11. The summed E-state index contributed by atoms with van der Waals surface area (Å²) in [5, 5.41) is 0.993. The maximum absolute atomic E-state index is 12.6. The Balaban J connectivity index is 1.36. The summed E-state index contributed by atoms with van der Waals surface area (Å²) in [4.78, 5) is 35.6. The van der Waals surface area contributed by atoms with Gasteiger partial charge in [-0.15, -0.1) is 0 Å². The number of anilines is 1. The molecular weight excluding hydrogens is 518 g/mol. The van der Waals surface area contributed by atoms with E-state index in [1.54, 1.807) is 29.6 Å². The summed E-state index contributed by atoms with van der Waals surface area (Å²) in [6.07, 6.45) is 5.89. The van der Waals surface area contributed by atoms with Crippen LogP contribution in [0.2, 0.25) is 0 Å². The van der Waals surface area contributed by atoms with Gasteiger partial charge in [0.2, 0.25) is 0 Å². The molecule has 0 saturated heterocycles. The second kappa shape index (κ2) is 10.1. The number of carbonyl (C=O) groups excluding carboxylic acids is 2. The number of hydrogen-bond donors (Lipinski definition) is 2. The largest absolute Gasteiger partial charge is 0.444 e. The molecule has 0 saturated carbocycles. The molecule has 1 aliphatic heterocycles. The lowest BCUT2D eigenvalue weighted by Crippen LogP contribution is -2.39. The lowest BCUT2D eigenvalue weighted by Gasteiger charge is -2.29. The number of aromatic nitrogens is 4. The number of rotatable bonds is 5. The number of ether oxygens (including phenoxy) is 1. The van der Waals surface area contributed by atoms with E-state index in [0.717, 1.165) is 39.0 Å². The lowest BCUT2D eigenvalue weighted by atomic mass is 10.0. The molecule has 1 aliphatic rings. The van der Waals surface area contributed by atoms with E-state index in [0.29, 0.717) is 30.8 Å². The van der Waals surface area contributed by atoms with Crippen LogP contribution in [0, 0.1) is 0 Å². The van der Waals surface area contributed by atoms with Gasteiger partial charge in [-0.2, -0.15) is 0 Å². The molecule has 0 aliphatic carbocycles. The van der Waals surface area contributed by atoms with Crippen molar-refractivity contribution in [1.29, 1.82) is 0 Å². The Bertz CT molecular complexity index is 1830. The highest BCUT2D eigenvalue weighted by Crippen LogP contribution is 2.30. The van der Waals surface area contributed by atoms with Crippen LogP contribution < -0.4 is 11.2 Å². The van der Waals surface area contributed by atoms with Crippen molar-refractivity contribution in [3.8, 4) is 5.69 Å². The van der Waals surface area contributed by atoms with Gasteiger partial charge in [0.15, 0.2) is 5.65 Å². The van der Waals surface area contributed by atoms with E-state index < -0.39 is 11.5 Å². The highest BCUT2D eigenvalue weighted by atomic mass is 16.6. The minimum Gasteiger partial charge on any atom is -0.444 e. The number of hydrogen-bond acceptors (Lipinski definition) is 6. The Morgan fingerprint density at radius 3 is 2.61 bits per heavy atom. The van der Waals surface area contributed by atoms with Crippen molar-refractivity contribution in [2.75, 3.05) is 18.5 Å². The van der Waals surface area contributed by atoms with E-state index in [2.05, 4.69) is 27.5 Å². The highest BCUT2D eigenvalue weighted by molar-refractivity contribution is 5.97. The molecule has 41 heavy (non-hydrogen) atoms. The molecule has 0 spiro atoms.